The normalized spacial score (nSPS) is 15.9. The number of hydrogen-bond acceptors (Lipinski definition) is 9. The fourth-order valence-electron chi connectivity index (χ4n) is 9.39. The molecule has 0 saturated carbocycles. The van der Waals surface area contributed by atoms with Gasteiger partial charge in [0.15, 0.2) is 6.61 Å². The Morgan fingerprint density at radius 2 is 0.712 bits per heavy atom. The second kappa shape index (κ2) is 23.9. The van der Waals surface area contributed by atoms with Crippen molar-refractivity contribution in [1.82, 2.24) is 0 Å². The summed E-state index contributed by atoms with van der Waals surface area (Å²) >= 11 is 0. The third-order valence-corrected chi connectivity index (χ3v) is 13.6. The van der Waals surface area contributed by atoms with Gasteiger partial charge < -0.3 is 43.0 Å². The van der Waals surface area contributed by atoms with Crippen LogP contribution in [0.3, 0.4) is 0 Å². The molecule has 0 unspecified atom stereocenters. The van der Waals surface area contributed by atoms with E-state index in [0.717, 1.165) is 84.0 Å². The third kappa shape index (κ3) is 15.1. The predicted molar refractivity (Wildman–Crippen MR) is 290 cm³/mol. The SMILES string of the molecule is CC(C)(C)c1cc2c3c(c1)Cc1cc(C(C)(C)C)cc(c1OCC(=O)O)Cc1cc(C(C)(C)C)cc(c1OCc1ccccc1)Cc1cc(C(C)(C)C)cc(c1OCCOCCOCCOCCOCCO3)C2. The third-order valence-electron chi connectivity index (χ3n) is 13.6. The average molecular weight is 999 g/mol. The first-order valence-corrected chi connectivity index (χ1v) is 26.3. The van der Waals surface area contributed by atoms with Gasteiger partial charge >= 0.3 is 5.97 Å². The summed E-state index contributed by atoms with van der Waals surface area (Å²) in [5, 5.41) is 10.2. The minimum atomic E-state index is -1.05. The van der Waals surface area contributed by atoms with E-state index in [0.29, 0.717) is 104 Å². The molecule has 0 atom stereocenters. The summed E-state index contributed by atoms with van der Waals surface area (Å²) in [7, 11) is 0. The zero-order valence-corrected chi connectivity index (χ0v) is 45.9. The molecular weight excluding hydrogens is 917 g/mol. The number of rotatable bonds is 6. The van der Waals surface area contributed by atoms with Crippen molar-refractivity contribution in [3.05, 3.63) is 151 Å². The molecule has 5 aromatic carbocycles. The van der Waals surface area contributed by atoms with Crippen molar-refractivity contribution in [2.75, 3.05) is 72.7 Å². The first kappa shape index (κ1) is 55.4. The molecule has 0 saturated heterocycles. The molecule has 0 radical (unpaired) electrons. The molecule has 1 heterocycles. The van der Waals surface area contributed by atoms with Crippen molar-refractivity contribution in [3.63, 3.8) is 0 Å². The summed E-state index contributed by atoms with van der Waals surface area (Å²) in [5.74, 6) is 1.89. The zero-order chi connectivity index (χ0) is 52.6. The monoisotopic (exact) mass is 999 g/mol. The summed E-state index contributed by atoms with van der Waals surface area (Å²) in [6.07, 6.45) is 1.84. The van der Waals surface area contributed by atoms with Crippen molar-refractivity contribution in [2.45, 2.75) is 137 Å². The minimum Gasteiger partial charge on any atom is -0.491 e. The van der Waals surface area contributed by atoms with Crippen LogP contribution in [0.5, 0.6) is 23.0 Å². The number of hydrogen-bond donors (Lipinski definition) is 1. The molecule has 73 heavy (non-hydrogen) atoms. The smallest absolute Gasteiger partial charge is 0.341 e. The van der Waals surface area contributed by atoms with E-state index in [2.05, 4.69) is 144 Å². The zero-order valence-electron chi connectivity index (χ0n) is 45.9. The van der Waals surface area contributed by atoms with Gasteiger partial charge in [0.05, 0.1) is 52.9 Å². The second-order valence-corrected chi connectivity index (χ2v) is 23.8. The highest BCUT2D eigenvalue weighted by atomic mass is 16.6. The highest BCUT2D eigenvalue weighted by molar-refractivity contribution is 5.69. The van der Waals surface area contributed by atoms with E-state index in [9.17, 15) is 9.90 Å². The van der Waals surface area contributed by atoms with Crippen molar-refractivity contribution >= 4 is 5.97 Å². The van der Waals surface area contributed by atoms with Crippen LogP contribution in [0.15, 0.2) is 78.9 Å². The molecule has 0 spiro atoms. The lowest BCUT2D eigenvalue weighted by atomic mass is 9.79. The van der Waals surface area contributed by atoms with Crippen LogP contribution in [0.25, 0.3) is 0 Å². The first-order valence-electron chi connectivity index (χ1n) is 26.3. The number of carboxylic acids is 1. The van der Waals surface area contributed by atoms with E-state index < -0.39 is 12.6 Å². The maximum atomic E-state index is 12.5. The number of aliphatic carboxylic acids is 1. The van der Waals surface area contributed by atoms with E-state index in [1.165, 1.54) is 5.56 Å². The quantitative estimate of drug-likeness (QED) is 0.173. The Balaban J connectivity index is 1.58. The summed E-state index contributed by atoms with van der Waals surface area (Å²) < 4.78 is 51.6. The number of ether oxygens (including phenoxy) is 8. The van der Waals surface area contributed by atoms with Gasteiger partial charge in [-0.15, -0.1) is 0 Å². The fraction of sp³-hybridized carbons (Fsp3) is 0.508. The van der Waals surface area contributed by atoms with Crippen LogP contribution < -0.4 is 18.9 Å². The van der Waals surface area contributed by atoms with Crippen LogP contribution in [0.4, 0.5) is 0 Å². The Labute approximate surface area is 436 Å². The molecule has 0 amide bonds. The fourth-order valence-corrected chi connectivity index (χ4v) is 9.39. The lowest BCUT2D eigenvalue weighted by Gasteiger charge is -2.29. The van der Waals surface area contributed by atoms with E-state index >= 15 is 0 Å². The first-order chi connectivity index (χ1) is 34.5. The van der Waals surface area contributed by atoms with Gasteiger partial charge in [-0.2, -0.15) is 0 Å². The Kier molecular flexibility index (Phi) is 18.1. The van der Waals surface area contributed by atoms with Crippen LogP contribution in [-0.4, -0.2) is 83.8 Å². The molecular formula is C63H82O10. The Bertz CT molecular complexity index is 2660. The summed E-state index contributed by atoms with van der Waals surface area (Å²) in [4.78, 5) is 12.5. The molecule has 2 aliphatic rings. The second-order valence-electron chi connectivity index (χ2n) is 23.8. The summed E-state index contributed by atoms with van der Waals surface area (Å²) in [6, 6.07) is 28.5. The Morgan fingerprint density at radius 3 is 1.04 bits per heavy atom. The van der Waals surface area contributed by atoms with Gasteiger partial charge in [0.1, 0.15) is 42.8 Å². The van der Waals surface area contributed by atoms with E-state index in [-0.39, 0.29) is 21.7 Å². The molecule has 1 N–H and O–H groups in total. The van der Waals surface area contributed by atoms with Crippen molar-refractivity contribution in [1.29, 1.82) is 0 Å². The maximum absolute atomic E-state index is 12.5. The van der Waals surface area contributed by atoms with Gasteiger partial charge in [0.25, 0.3) is 0 Å². The topological polar surface area (TPSA) is 111 Å². The van der Waals surface area contributed by atoms with Crippen molar-refractivity contribution in [2.24, 2.45) is 0 Å². The molecule has 10 heteroatoms. The Morgan fingerprint density at radius 1 is 0.425 bits per heavy atom. The highest BCUT2D eigenvalue weighted by Crippen LogP contribution is 2.44. The molecule has 1 aliphatic carbocycles. The standard InChI is InChI=1S/C63H82O10/c1-60(2,3)51-32-43-28-44-33-52(61(4,5)6)35-46-30-49-38-54(63(10,11)12)39-50(59(49)73-41-55(64)65)31-48-37-53(62(7,8)9)36-47(58(48)72-40-42-16-14-13-15-17-42)29-45(34-51)56(43)70-26-24-68-22-20-66-18-19-67-21-23-69-25-27-71-57(44)46/h13-17,32-39H,18-31,40-41H2,1-12H3,(H,64,65). The molecule has 10 nitrogen and oxygen atoms in total. The van der Waals surface area contributed by atoms with Gasteiger partial charge in [0.2, 0.25) is 0 Å². The van der Waals surface area contributed by atoms with Crippen molar-refractivity contribution in [3.8, 4) is 23.0 Å². The largest absolute Gasteiger partial charge is 0.491 e. The van der Waals surface area contributed by atoms with Gasteiger partial charge in [-0.05, 0) is 94.0 Å². The predicted octanol–water partition coefficient (Wildman–Crippen LogP) is 12.4. The molecule has 0 fully saturated rings. The molecule has 5 aromatic rings. The number of fused-ring (bicyclic) bond motifs is 4. The van der Waals surface area contributed by atoms with Crippen LogP contribution in [0.1, 0.15) is 155 Å². The maximum Gasteiger partial charge on any atom is 0.341 e. The molecule has 10 bridgehead atoms. The average Bonchev–Trinajstić information content (AvgIpc) is 3.30. The van der Waals surface area contributed by atoms with Crippen LogP contribution in [0.2, 0.25) is 0 Å². The lowest BCUT2D eigenvalue weighted by Crippen LogP contribution is -2.19. The van der Waals surface area contributed by atoms with Crippen LogP contribution >= 0.6 is 0 Å². The van der Waals surface area contributed by atoms with E-state index in [4.69, 9.17) is 37.9 Å². The highest BCUT2D eigenvalue weighted by Gasteiger charge is 2.30. The Hall–Kier alpha value is -5.39. The summed E-state index contributed by atoms with van der Waals surface area (Å²) in [6.45, 7) is 30.8. The minimum absolute atomic E-state index is 0.209. The van der Waals surface area contributed by atoms with Crippen molar-refractivity contribution < 1.29 is 47.8 Å². The number of carboxylic acid groups (broad SMARTS) is 1. The van der Waals surface area contributed by atoms with E-state index in [1.54, 1.807) is 0 Å². The van der Waals surface area contributed by atoms with Crippen LogP contribution in [-0.2, 0) is 77.7 Å². The molecule has 0 aromatic heterocycles. The molecule has 1 aliphatic heterocycles. The van der Waals surface area contributed by atoms with E-state index in [1.807, 2.05) is 18.2 Å². The summed E-state index contributed by atoms with van der Waals surface area (Å²) in [5.41, 5.74) is 12.6. The van der Waals surface area contributed by atoms with Gasteiger partial charge in [0, 0.05) is 25.7 Å². The number of carbonyl (C=O) groups is 1. The van der Waals surface area contributed by atoms with Gasteiger partial charge in [-0.25, -0.2) is 4.79 Å². The lowest BCUT2D eigenvalue weighted by molar-refractivity contribution is -0.139. The molecule has 394 valence electrons. The number of benzene rings is 5. The molecule has 7 rings (SSSR count). The van der Waals surface area contributed by atoms with Gasteiger partial charge in [-0.1, -0.05) is 162 Å². The van der Waals surface area contributed by atoms with Gasteiger partial charge in [-0.3, -0.25) is 0 Å². The van der Waals surface area contributed by atoms with Crippen LogP contribution in [0, 0.1) is 0 Å².